The molecule has 24 heavy (non-hydrogen) atoms. The van der Waals surface area contributed by atoms with Gasteiger partial charge in [0.15, 0.2) is 0 Å². The molecule has 0 aliphatic heterocycles. The molecule has 1 aliphatic carbocycles. The molecule has 1 fully saturated rings. The quantitative estimate of drug-likeness (QED) is 0.802. The van der Waals surface area contributed by atoms with Gasteiger partial charge in [0, 0.05) is 29.5 Å². The molecule has 0 unspecified atom stereocenters. The minimum Gasteiger partial charge on any atom is -0.444 e. The van der Waals surface area contributed by atoms with Crippen LogP contribution in [0, 0.1) is 0 Å². The Hall–Kier alpha value is -2.50. The van der Waals surface area contributed by atoms with E-state index in [1.165, 1.54) is 0 Å². The van der Waals surface area contributed by atoms with E-state index in [0.29, 0.717) is 6.04 Å². The van der Waals surface area contributed by atoms with Crippen molar-refractivity contribution < 1.29 is 9.53 Å². The summed E-state index contributed by atoms with van der Waals surface area (Å²) in [6, 6.07) is 10.7. The Labute approximate surface area is 142 Å². The lowest BCUT2D eigenvalue weighted by molar-refractivity contribution is 0.0475. The highest BCUT2D eigenvalue weighted by Gasteiger charge is 2.31. The topological polar surface area (TPSA) is 79.0 Å². The second kappa shape index (κ2) is 6.55. The number of nitrogens with one attached hydrogen (secondary N) is 3. The number of hydrogen-bond acceptors (Lipinski definition) is 4. The van der Waals surface area contributed by atoms with Gasteiger partial charge in [0.1, 0.15) is 5.60 Å². The maximum atomic E-state index is 11.7. The zero-order valence-corrected chi connectivity index (χ0v) is 14.3. The second-order valence-electron chi connectivity index (χ2n) is 7.21. The van der Waals surface area contributed by atoms with Crippen molar-refractivity contribution in [1.29, 1.82) is 0 Å². The van der Waals surface area contributed by atoms with Crippen LogP contribution in [-0.2, 0) is 4.74 Å². The molecule has 0 atom stereocenters. The van der Waals surface area contributed by atoms with Crippen molar-refractivity contribution in [2.75, 3.05) is 5.32 Å². The fourth-order valence-corrected chi connectivity index (χ4v) is 2.76. The number of aromatic nitrogens is 2. The summed E-state index contributed by atoms with van der Waals surface area (Å²) in [7, 11) is 0. The number of rotatable bonds is 4. The molecule has 2 aromatic rings. The Bertz CT molecular complexity index is 685. The monoisotopic (exact) mass is 328 g/mol. The smallest absolute Gasteiger partial charge is 0.407 e. The SMILES string of the molecule is CC(C)(C)OC(=O)NC1CC(Nc2cccc(-c3ccn[nH]3)c2)C1. The number of benzene rings is 1. The van der Waals surface area contributed by atoms with E-state index in [1.54, 1.807) is 6.20 Å². The van der Waals surface area contributed by atoms with E-state index in [2.05, 4.69) is 33.0 Å². The molecule has 0 radical (unpaired) electrons. The summed E-state index contributed by atoms with van der Waals surface area (Å²) in [5.74, 6) is 0. The van der Waals surface area contributed by atoms with Crippen LogP contribution in [0.1, 0.15) is 33.6 Å². The number of nitrogens with zero attached hydrogens (tertiary/aromatic N) is 1. The number of carbonyl (C=O) groups is 1. The standard InChI is InChI=1S/C18H24N4O2/c1-18(2,3)24-17(23)21-15-10-14(11-15)20-13-6-4-5-12(9-13)16-7-8-19-22-16/h4-9,14-15,20H,10-11H2,1-3H3,(H,19,22)(H,21,23). The summed E-state index contributed by atoms with van der Waals surface area (Å²) in [6.07, 6.45) is 3.20. The number of ether oxygens (including phenoxy) is 1. The Morgan fingerprint density at radius 2 is 2.04 bits per heavy atom. The van der Waals surface area contributed by atoms with Gasteiger partial charge in [0.05, 0.1) is 5.69 Å². The van der Waals surface area contributed by atoms with Crippen LogP contribution in [0.25, 0.3) is 11.3 Å². The highest BCUT2D eigenvalue weighted by atomic mass is 16.6. The molecule has 3 rings (SSSR count). The molecule has 3 N–H and O–H groups in total. The number of aromatic amines is 1. The van der Waals surface area contributed by atoms with E-state index in [0.717, 1.165) is 29.8 Å². The molecule has 1 amide bonds. The molecule has 1 aliphatic rings. The van der Waals surface area contributed by atoms with Crippen LogP contribution in [0.4, 0.5) is 10.5 Å². The summed E-state index contributed by atoms with van der Waals surface area (Å²) >= 11 is 0. The van der Waals surface area contributed by atoms with Crippen molar-refractivity contribution in [2.24, 2.45) is 0 Å². The molecule has 1 heterocycles. The molecule has 128 valence electrons. The summed E-state index contributed by atoms with van der Waals surface area (Å²) in [6.45, 7) is 5.60. The van der Waals surface area contributed by atoms with Gasteiger partial charge < -0.3 is 15.4 Å². The number of H-pyrrole nitrogens is 1. The van der Waals surface area contributed by atoms with Gasteiger partial charge >= 0.3 is 6.09 Å². The van der Waals surface area contributed by atoms with Crippen molar-refractivity contribution in [3.05, 3.63) is 36.5 Å². The first kappa shape index (κ1) is 16.4. The number of amides is 1. The molecule has 1 aromatic heterocycles. The van der Waals surface area contributed by atoms with Crippen molar-refractivity contribution in [2.45, 2.75) is 51.3 Å². The minimum absolute atomic E-state index is 0.174. The molecule has 6 heteroatoms. The molecule has 1 saturated carbocycles. The summed E-state index contributed by atoms with van der Waals surface area (Å²) < 4.78 is 5.27. The van der Waals surface area contributed by atoms with Crippen LogP contribution < -0.4 is 10.6 Å². The van der Waals surface area contributed by atoms with Gasteiger partial charge in [-0.3, -0.25) is 5.10 Å². The van der Waals surface area contributed by atoms with Crippen molar-refractivity contribution in [3.63, 3.8) is 0 Å². The van der Waals surface area contributed by atoms with Gasteiger partial charge in [-0.2, -0.15) is 5.10 Å². The fourth-order valence-electron chi connectivity index (χ4n) is 2.76. The first-order valence-electron chi connectivity index (χ1n) is 8.25. The van der Waals surface area contributed by atoms with E-state index < -0.39 is 5.60 Å². The number of hydrogen-bond donors (Lipinski definition) is 3. The fraction of sp³-hybridized carbons (Fsp3) is 0.444. The zero-order chi connectivity index (χ0) is 17.2. The minimum atomic E-state index is -0.460. The van der Waals surface area contributed by atoms with Crippen molar-refractivity contribution in [1.82, 2.24) is 15.5 Å². The lowest BCUT2D eigenvalue weighted by Gasteiger charge is -2.37. The van der Waals surface area contributed by atoms with Gasteiger partial charge in [-0.1, -0.05) is 12.1 Å². The summed E-state index contributed by atoms with van der Waals surface area (Å²) in [4.78, 5) is 11.7. The second-order valence-corrected chi connectivity index (χ2v) is 7.21. The summed E-state index contributed by atoms with van der Waals surface area (Å²) in [5, 5.41) is 13.4. The average Bonchev–Trinajstić information content (AvgIpc) is 2.97. The molecule has 0 saturated heterocycles. The first-order chi connectivity index (χ1) is 11.4. The van der Waals surface area contributed by atoms with Gasteiger partial charge in [0.2, 0.25) is 0 Å². The number of alkyl carbamates (subject to hydrolysis) is 1. The Kier molecular flexibility index (Phi) is 4.46. The number of anilines is 1. The third kappa shape index (κ3) is 4.28. The van der Waals surface area contributed by atoms with Gasteiger partial charge in [0.25, 0.3) is 0 Å². The van der Waals surface area contributed by atoms with Crippen molar-refractivity contribution in [3.8, 4) is 11.3 Å². The Morgan fingerprint density at radius 1 is 1.25 bits per heavy atom. The molecule has 0 bridgehead atoms. The van der Waals surface area contributed by atoms with Crippen LogP contribution in [-0.4, -0.2) is 34.0 Å². The predicted octanol–water partition coefficient (Wildman–Crippen LogP) is 3.54. The van der Waals surface area contributed by atoms with Gasteiger partial charge in [-0.05, 0) is 51.8 Å². The third-order valence-electron chi connectivity index (χ3n) is 3.90. The predicted molar refractivity (Wildman–Crippen MR) is 93.8 cm³/mol. The Balaban J connectivity index is 1.48. The lowest BCUT2D eigenvalue weighted by Crippen LogP contribution is -2.50. The highest BCUT2D eigenvalue weighted by Crippen LogP contribution is 2.27. The first-order valence-corrected chi connectivity index (χ1v) is 8.25. The largest absolute Gasteiger partial charge is 0.444 e. The lowest BCUT2D eigenvalue weighted by atomic mass is 9.86. The van der Waals surface area contributed by atoms with Gasteiger partial charge in [-0.25, -0.2) is 4.79 Å². The number of carbonyl (C=O) groups excluding carboxylic acids is 1. The maximum absolute atomic E-state index is 11.7. The molecular weight excluding hydrogens is 304 g/mol. The molecule has 1 aromatic carbocycles. The highest BCUT2D eigenvalue weighted by molar-refractivity contribution is 5.68. The van der Waals surface area contributed by atoms with Crippen LogP contribution in [0.3, 0.4) is 0 Å². The van der Waals surface area contributed by atoms with Crippen LogP contribution >= 0.6 is 0 Å². The van der Waals surface area contributed by atoms with E-state index in [9.17, 15) is 4.79 Å². The zero-order valence-electron chi connectivity index (χ0n) is 14.3. The van der Waals surface area contributed by atoms with Crippen LogP contribution in [0.5, 0.6) is 0 Å². The molecule has 6 nitrogen and oxygen atoms in total. The molecular formula is C18H24N4O2. The Morgan fingerprint density at radius 3 is 2.71 bits per heavy atom. The maximum Gasteiger partial charge on any atom is 0.407 e. The van der Waals surface area contributed by atoms with Crippen LogP contribution in [0.2, 0.25) is 0 Å². The average molecular weight is 328 g/mol. The normalized spacial score (nSPS) is 20.1. The summed E-state index contributed by atoms with van der Waals surface area (Å²) in [5.41, 5.74) is 2.71. The molecule has 0 spiro atoms. The van der Waals surface area contributed by atoms with E-state index in [4.69, 9.17) is 4.74 Å². The van der Waals surface area contributed by atoms with Gasteiger partial charge in [-0.15, -0.1) is 0 Å². The van der Waals surface area contributed by atoms with E-state index >= 15 is 0 Å². The van der Waals surface area contributed by atoms with E-state index in [-0.39, 0.29) is 12.1 Å². The van der Waals surface area contributed by atoms with Crippen molar-refractivity contribution >= 4 is 11.8 Å². The van der Waals surface area contributed by atoms with E-state index in [1.807, 2.05) is 39.0 Å². The third-order valence-corrected chi connectivity index (χ3v) is 3.90. The van der Waals surface area contributed by atoms with Crippen LogP contribution in [0.15, 0.2) is 36.5 Å².